The summed E-state index contributed by atoms with van der Waals surface area (Å²) in [5.74, 6) is 1.54. The molecule has 0 saturated carbocycles. The minimum absolute atomic E-state index is 0.104. The predicted molar refractivity (Wildman–Crippen MR) is 172 cm³/mol. The first-order valence-corrected chi connectivity index (χ1v) is 23.6. The Morgan fingerprint density at radius 2 is 1.59 bits per heavy atom. The van der Waals surface area contributed by atoms with E-state index in [1.807, 2.05) is 0 Å². The predicted octanol–water partition coefficient (Wildman–Crippen LogP) is 6.17. The Hall–Kier alpha value is -1.41. The number of ether oxygens (including phenoxy) is 2. The van der Waals surface area contributed by atoms with Crippen LogP contribution in [0.1, 0.15) is 40.0 Å². The summed E-state index contributed by atoms with van der Waals surface area (Å²) in [7, 11) is -3.07. The number of hydrogen-bond donors (Lipinski definition) is 0. The molecular formula is C32H52O2Si3. The van der Waals surface area contributed by atoms with Gasteiger partial charge in [0, 0.05) is 6.61 Å². The number of rotatable bonds is 12. The molecule has 2 nitrogen and oxygen atoms in total. The topological polar surface area (TPSA) is 18.5 Å². The smallest absolute Gasteiger partial charge is 0.115 e. The van der Waals surface area contributed by atoms with Crippen molar-refractivity contribution in [3.05, 3.63) is 66.0 Å². The number of benzene rings is 1. The zero-order chi connectivity index (χ0) is 27.2. The standard InChI is InChI=1S/C32H52O2Si3/c1-10-33-27-16-12-25(13-17-27)32(2,3)26-14-18-28(19-15-26)34-20-11-21-37(8,9)31-23-29(35(4)5)22-30(24-31)36(6)7/h12-14,16,18-19,22-24,26-27,35-36H,10-11,15,17,20-21H2,1-9H3. The van der Waals surface area contributed by atoms with Crippen molar-refractivity contribution in [3.8, 4) is 0 Å². The number of allylic oxidation sites excluding steroid dienone is 5. The van der Waals surface area contributed by atoms with Crippen LogP contribution in [0.25, 0.3) is 0 Å². The molecule has 1 aromatic carbocycles. The fourth-order valence-corrected chi connectivity index (χ4v) is 10.5. The third-order valence-electron chi connectivity index (χ3n) is 8.49. The zero-order valence-electron chi connectivity index (χ0n) is 25.1. The lowest BCUT2D eigenvalue weighted by molar-refractivity contribution is 0.0968. The molecule has 0 amide bonds. The molecule has 1 aromatic rings. The van der Waals surface area contributed by atoms with Crippen molar-refractivity contribution in [2.75, 3.05) is 13.2 Å². The van der Waals surface area contributed by atoms with E-state index >= 15 is 0 Å². The van der Waals surface area contributed by atoms with Crippen molar-refractivity contribution in [1.82, 2.24) is 0 Å². The molecule has 2 unspecified atom stereocenters. The third kappa shape index (κ3) is 8.04. The Morgan fingerprint density at radius 3 is 2.11 bits per heavy atom. The van der Waals surface area contributed by atoms with Crippen LogP contribution in [-0.4, -0.2) is 45.0 Å². The Bertz CT molecular complexity index is 1000. The summed E-state index contributed by atoms with van der Waals surface area (Å²) < 4.78 is 12.0. The second-order valence-corrected chi connectivity index (χ2v) is 23.6. The van der Waals surface area contributed by atoms with E-state index in [9.17, 15) is 0 Å². The van der Waals surface area contributed by atoms with Crippen molar-refractivity contribution in [2.45, 2.75) is 91.5 Å². The fourth-order valence-electron chi connectivity index (χ4n) is 5.46. The van der Waals surface area contributed by atoms with Gasteiger partial charge in [0.1, 0.15) is 5.76 Å². The van der Waals surface area contributed by atoms with Gasteiger partial charge in [-0.3, -0.25) is 0 Å². The fraction of sp³-hybridized carbons (Fsp3) is 0.562. The maximum absolute atomic E-state index is 6.25. The van der Waals surface area contributed by atoms with Crippen LogP contribution in [0.2, 0.25) is 45.3 Å². The van der Waals surface area contributed by atoms with Crippen molar-refractivity contribution >= 4 is 41.2 Å². The van der Waals surface area contributed by atoms with Gasteiger partial charge in [-0.05, 0) is 55.2 Å². The molecule has 2 atom stereocenters. The summed E-state index contributed by atoms with van der Waals surface area (Å²) in [5.41, 5.74) is 1.53. The van der Waals surface area contributed by atoms with Gasteiger partial charge in [-0.1, -0.05) is 117 Å². The highest BCUT2D eigenvalue weighted by atomic mass is 28.3. The maximum Gasteiger partial charge on any atom is 0.115 e. The summed E-state index contributed by atoms with van der Waals surface area (Å²) in [4.78, 5) is 0. The van der Waals surface area contributed by atoms with Gasteiger partial charge in [-0.2, -0.15) is 0 Å². The molecule has 0 fully saturated rings. The van der Waals surface area contributed by atoms with E-state index in [0.29, 0.717) is 5.92 Å². The first kappa shape index (κ1) is 30.1. The van der Waals surface area contributed by atoms with Crippen LogP contribution in [0.3, 0.4) is 0 Å². The molecule has 0 saturated heterocycles. The quantitative estimate of drug-likeness (QED) is 0.228. The first-order chi connectivity index (χ1) is 17.4. The molecule has 3 rings (SSSR count). The second kappa shape index (κ2) is 13.1. The van der Waals surface area contributed by atoms with Crippen LogP contribution < -0.4 is 15.6 Å². The molecule has 37 heavy (non-hydrogen) atoms. The molecule has 0 spiro atoms. The van der Waals surface area contributed by atoms with E-state index in [0.717, 1.165) is 38.2 Å². The minimum atomic E-state index is -1.48. The van der Waals surface area contributed by atoms with E-state index in [-0.39, 0.29) is 11.5 Å². The highest BCUT2D eigenvalue weighted by Crippen LogP contribution is 2.42. The second-order valence-electron chi connectivity index (χ2n) is 12.8. The average molecular weight is 553 g/mol. The monoisotopic (exact) mass is 552 g/mol. The summed E-state index contributed by atoms with van der Waals surface area (Å²) in [6.45, 7) is 23.4. The largest absolute Gasteiger partial charge is 0.494 e. The third-order valence-corrected chi connectivity index (χ3v) is 15.3. The van der Waals surface area contributed by atoms with Crippen LogP contribution in [0.5, 0.6) is 0 Å². The lowest BCUT2D eigenvalue weighted by Crippen LogP contribution is -2.47. The van der Waals surface area contributed by atoms with E-state index in [1.165, 1.54) is 11.6 Å². The molecule has 2 aliphatic carbocycles. The lowest BCUT2D eigenvalue weighted by atomic mass is 9.69. The van der Waals surface area contributed by atoms with Gasteiger partial charge in [0.25, 0.3) is 0 Å². The Kier molecular flexibility index (Phi) is 10.7. The van der Waals surface area contributed by atoms with Crippen molar-refractivity contribution in [2.24, 2.45) is 11.3 Å². The molecule has 2 aliphatic rings. The minimum Gasteiger partial charge on any atom is -0.494 e. The molecule has 0 radical (unpaired) electrons. The average Bonchev–Trinajstić information content (AvgIpc) is 2.87. The number of hydrogen-bond acceptors (Lipinski definition) is 2. The zero-order valence-corrected chi connectivity index (χ0v) is 28.4. The summed E-state index contributed by atoms with van der Waals surface area (Å²) in [6, 6.07) is 8.98. The van der Waals surface area contributed by atoms with Crippen LogP contribution >= 0.6 is 0 Å². The highest BCUT2D eigenvalue weighted by Gasteiger charge is 2.32. The van der Waals surface area contributed by atoms with Gasteiger partial charge < -0.3 is 9.47 Å². The molecule has 0 aliphatic heterocycles. The van der Waals surface area contributed by atoms with Crippen molar-refractivity contribution in [3.63, 3.8) is 0 Å². The van der Waals surface area contributed by atoms with Gasteiger partial charge in [-0.25, -0.2) is 0 Å². The molecule has 0 heterocycles. The van der Waals surface area contributed by atoms with Crippen LogP contribution in [0, 0.1) is 11.3 Å². The van der Waals surface area contributed by atoms with Gasteiger partial charge in [0.05, 0.1) is 38.4 Å². The van der Waals surface area contributed by atoms with E-state index in [1.54, 1.807) is 15.6 Å². The Balaban J connectivity index is 1.51. The van der Waals surface area contributed by atoms with Crippen LogP contribution in [0.4, 0.5) is 0 Å². The molecule has 5 heteroatoms. The summed E-state index contributed by atoms with van der Waals surface area (Å²) in [6.07, 6.45) is 17.2. The Morgan fingerprint density at radius 1 is 0.919 bits per heavy atom. The van der Waals surface area contributed by atoms with Crippen molar-refractivity contribution in [1.29, 1.82) is 0 Å². The van der Waals surface area contributed by atoms with Crippen molar-refractivity contribution < 1.29 is 9.47 Å². The molecule has 0 bridgehead atoms. The van der Waals surface area contributed by atoms with E-state index < -0.39 is 25.7 Å². The lowest BCUT2D eigenvalue weighted by Gasteiger charge is -2.36. The molecular weight excluding hydrogens is 501 g/mol. The Labute approximate surface area is 232 Å². The van der Waals surface area contributed by atoms with Gasteiger partial charge in [0.15, 0.2) is 0 Å². The van der Waals surface area contributed by atoms with E-state index in [4.69, 9.17) is 9.47 Å². The normalized spacial score (nSPS) is 20.4. The van der Waals surface area contributed by atoms with Gasteiger partial charge in [0.2, 0.25) is 0 Å². The molecule has 0 N–H and O–H groups in total. The molecule has 0 aromatic heterocycles. The highest BCUT2D eigenvalue weighted by molar-refractivity contribution is 6.90. The SMILES string of the molecule is CCOC1C=CC(C(C)(C)C2C=CC(OCCC[Si](C)(C)c3cc([SiH](C)C)cc([SiH](C)C)c3)=CC2)=CC1. The van der Waals surface area contributed by atoms with Crippen LogP contribution in [0.15, 0.2) is 66.0 Å². The van der Waals surface area contributed by atoms with E-state index in [2.05, 4.69) is 115 Å². The summed E-state index contributed by atoms with van der Waals surface area (Å²) in [5, 5.41) is 4.99. The molecule has 204 valence electrons. The first-order valence-electron chi connectivity index (χ1n) is 14.6. The summed E-state index contributed by atoms with van der Waals surface area (Å²) >= 11 is 0. The maximum atomic E-state index is 6.25. The van der Waals surface area contributed by atoms with Gasteiger partial charge >= 0.3 is 0 Å². The van der Waals surface area contributed by atoms with Gasteiger partial charge in [-0.15, -0.1) is 0 Å². The van der Waals surface area contributed by atoms with Crippen LogP contribution in [-0.2, 0) is 9.47 Å².